The third-order valence-electron chi connectivity index (χ3n) is 9.45. The minimum atomic E-state index is -0.487. The van der Waals surface area contributed by atoms with Gasteiger partial charge in [0.05, 0.1) is 43.7 Å². The van der Waals surface area contributed by atoms with Crippen molar-refractivity contribution in [3.8, 4) is 0 Å². The summed E-state index contributed by atoms with van der Waals surface area (Å²) in [5.74, 6) is -0.136. The van der Waals surface area contributed by atoms with E-state index >= 15 is 0 Å². The number of rotatable bonds is 2. The van der Waals surface area contributed by atoms with Gasteiger partial charge in [-0.15, -0.1) is 0 Å². The first kappa shape index (κ1) is 27.4. The molecular formula is C32H31ClN8O4. The fourth-order valence-corrected chi connectivity index (χ4v) is 7.54. The Morgan fingerprint density at radius 2 is 1.38 bits per heavy atom. The molecule has 0 atom stereocenters. The first-order valence-electron chi connectivity index (χ1n) is 15.4. The normalized spacial score (nSPS) is 20.4. The molecule has 2 aliphatic carbocycles. The van der Waals surface area contributed by atoms with Crippen molar-refractivity contribution < 1.29 is 18.9 Å². The van der Waals surface area contributed by atoms with Crippen LogP contribution >= 0.6 is 11.6 Å². The zero-order valence-corrected chi connectivity index (χ0v) is 25.2. The summed E-state index contributed by atoms with van der Waals surface area (Å²) in [6.45, 7) is 3.43. The number of anilines is 2. The van der Waals surface area contributed by atoms with Gasteiger partial charge < -0.3 is 34.2 Å². The predicted octanol–water partition coefficient (Wildman–Crippen LogP) is 4.71. The number of aryl methyl sites for hydroxylation is 2. The van der Waals surface area contributed by atoms with Gasteiger partial charge in [0.15, 0.2) is 11.6 Å². The topological polar surface area (TPSA) is 144 Å². The van der Waals surface area contributed by atoms with Crippen LogP contribution in [0.25, 0.3) is 22.1 Å². The number of nitrogens with zero attached hydrogens (tertiary/aromatic N) is 5. The molecule has 0 radical (unpaired) electrons. The van der Waals surface area contributed by atoms with Gasteiger partial charge in [0.25, 0.3) is 0 Å². The van der Waals surface area contributed by atoms with Crippen molar-refractivity contribution in [2.45, 2.75) is 56.6 Å². The first-order chi connectivity index (χ1) is 22.1. The van der Waals surface area contributed by atoms with Crippen LogP contribution in [0.15, 0.2) is 35.8 Å². The molecule has 3 N–H and O–H groups in total. The highest BCUT2D eigenvalue weighted by molar-refractivity contribution is 6.34. The number of hydrogen-bond acceptors (Lipinski definition) is 10. The van der Waals surface area contributed by atoms with Gasteiger partial charge in [0.1, 0.15) is 34.9 Å². The van der Waals surface area contributed by atoms with Crippen LogP contribution in [0.1, 0.15) is 46.5 Å². The number of aromatic amines is 2. The number of aliphatic imine (C=N–C) groups is 1. The average molecular weight is 627 g/mol. The van der Waals surface area contributed by atoms with E-state index in [9.17, 15) is 0 Å². The third kappa shape index (κ3) is 4.70. The minimum Gasteiger partial charge on any atom is -0.347 e. The molecular weight excluding hydrogens is 596 g/mol. The van der Waals surface area contributed by atoms with E-state index < -0.39 is 11.6 Å². The molecule has 12 nitrogen and oxygen atoms in total. The Morgan fingerprint density at radius 3 is 2.07 bits per heavy atom. The summed E-state index contributed by atoms with van der Waals surface area (Å²) in [5, 5.41) is 5.91. The number of fused-ring (bicyclic) bond motifs is 7. The molecule has 3 aliphatic heterocycles. The molecule has 0 unspecified atom stereocenters. The summed E-state index contributed by atoms with van der Waals surface area (Å²) in [4.78, 5) is 28.4. The molecule has 2 saturated heterocycles. The van der Waals surface area contributed by atoms with Gasteiger partial charge >= 0.3 is 0 Å². The zero-order chi connectivity index (χ0) is 30.0. The van der Waals surface area contributed by atoms with Crippen molar-refractivity contribution >= 4 is 51.4 Å². The van der Waals surface area contributed by atoms with Crippen LogP contribution in [-0.4, -0.2) is 74.1 Å². The second-order valence-electron chi connectivity index (χ2n) is 12.1. The lowest BCUT2D eigenvalue weighted by molar-refractivity contribution is -0.164. The summed E-state index contributed by atoms with van der Waals surface area (Å²) >= 11 is 6.18. The van der Waals surface area contributed by atoms with Gasteiger partial charge in [0, 0.05) is 49.0 Å². The van der Waals surface area contributed by atoms with E-state index in [1.54, 1.807) is 6.33 Å². The van der Waals surface area contributed by atoms with E-state index in [1.807, 2.05) is 6.21 Å². The zero-order valence-electron chi connectivity index (χ0n) is 24.5. The number of H-pyrrole nitrogens is 2. The summed E-state index contributed by atoms with van der Waals surface area (Å²) in [6, 6.07) is 6.31. The number of hydrogen-bond donors (Lipinski definition) is 3. The van der Waals surface area contributed by atoms with E-state index in [4.69, 9.17) is 30.5 Å². The van der Waals surface area contributed by atoms with Gasteiger partial charge in [-0.05, 0) is 47.2 Å². The standard InChI is InChI=1S/C20H19N5O2.C12H12ClN3O2/c1-2-14(7-13-10-21-9-12(1)13)24-18-17-15-8-20(26-5-6-27-20)4-3-16(15)25-19(17)23-11-22-18;13-10-9-7-5-12(17-3-4-18-12)2-1-8(7)16-11(9)15-6-14-10/h1-2,7,10-11H,3-6,8-9H2,(H2,22,23,24,25);6H,1-5H2,(H,14,15,16). The van der Waals surface area contributed by atoms with Crippen LogP contribution in [0.3, 0.4) is 0 Å². The molecule has 10 rings (SSSR count). The van der Waals surface area contributed by atoms with E-state index in [0.29, 0.717) is 31.6 Å². The highest BCUT2D eigenvalue weighted by Gasteiger charge is 2.42. The lowest BCUT2D eigenvalue weighted by atomic mass is 9.90. The number of halogens is 1. The summed E-state index contributed by atoms with van der Waals surface area (Å²) in [5.41, 5.74) is 9.79. The molecule has 45 heavy (non-hydrogen) atoms. The molecule has 230 valence electrons. The van der Waals surface area contributed by atoms with Gasteiger partial charge in [-0.25, -0.2) is 19.9 Å². The van der Waals surface area contributed by atoms with Gasteiger partial charge in [0.2, 0.25) is 0 Å². The first-order valence-corrected chi connectivity index (χ1v) is 15.7. The second kappa shape index (κ2) is 10.6. The van der Waals surface area contributed by atoms with Crippen molar-refractivity contribution in [3.05, 3.63) is 69.6 Å². The lowest BCUT2D eigenvalue weighted by Gasteiger charge is -2.31. The maximum atomic E-state index is 6.18. The van der Waals surface area contributed by atoms with Crippen LogP contribution in [0, 0.1) is 0 Å². The fraction of sp³-hybridized carbons (Fsp3) is 0.406. The van der Waals surface area contributed by atoms with Gasteiger partial charge in [-0.3, -0.25) is 4.99 Å². The van der Waals surface area contributed by atoms with Crippen molar-refractivity contribution in [2.24, 2.45) is 4.99 Å². The molecule has 7 heterocycles. The molecule has 1 aromatic carbocycles. The minimum absolute atomic E-state index is 0.457. The maximum absolute atomic E-state index is 6.18. The summed E-state index contributed by atoms with van der Waals surface area (Å²) < 4.78 is 23.5. The van der Waals surface area contributed by atoms with E-state index in [1.165, 1.54) is 28.8 Å². The molecule has 5 aliphatic rings. The Labute approximate surface area is 262 Å². The molecule has 13 heteroatoms. The number of aromatic nitrogens is 6. The molecule has 2 spiro atoms. The van der Waals surface area contributed by atoms with Crippen LogP contribution in [-0.2, 0) is 51.2 Å². The smallest absolute Gasteiger partial charge is 0.172 e. The van der Waals surface area contributed by atoms with Gasteiger partial charge in [-0.1, -0.05) is 17.7 Å². The molecule has 0 amide bonds. The molecule has 0 saturated carbocycles. The maximum Gasteiger partial charge on any atom is 0.172 e. The Morgan fingerprint density at radius 1 is 0.756 bits per heavy atom. The van der Waals surface area contributed by atoms with E-state index in [-0.39, 0.29) is 0 Å². The Kier molecular flexibility index (Phi) is 6.43. The van der Waals surface area contributed by atoms with Crippen LogP contribution in [0.4, 0.5) is 11.5 Å². The Hall–Kier alpha value is -3.94. The van der Waals surface area contributed by atoms with Crippen LogP contribution in [0.5, 0.6) is 0 Å². The van der Waals surface area contributed by atoms with Crippen LogP contribution < -0.4 is 5.32 Å². The van der Waals surface area contributed by atoms with Crippen molar-refractivity contribution in [2.75, 3.05) is 31.7 Å². The lowest BCUT2D eigenvalue weighted by Crippen LogP contribution is -2.36. The van der Waals surface area contributed by atoms with Crippen molar-refractivity contribution in [1.82, 2.24) is 29.9 Å². The number of nitrogens with one attached hydrogen (secondary N) is 3. The Bertz CT molecular complexity index is 1980. The molecule has 4 aromatic heterocycles. The average Bonchev–Trinajstić information content (AvgIpc) is 3.89. The summed E-state index contributed by atoms with van der Waals surface area (Å²) in [7, 11) is 0. The monoisotopic (exact) mass is 626 g/mol. The molecule has 0 bridgehead atoms. The van der Waals surface area contributed by atoms with E-state index in [2.05, 4.69) is 58.4 Å². The molecule has 5 aromatic rings. The van der Waals surface area contributed by atoms with Gasteiger partial charge in [-0.2, -0.15) is 0 Å². The van der Waals surface area contributed by atoms with Crippen LogP contribution in [0.2, 0.25) is 5.15 Å². The second-order valence-corrected chi connectivity index (χ2v) is 12.4. The third-order valence-corrected chi connectivity index (χ3v) is 9.74. The van der Waals surface area contributed by atoms with Crippen molar-refractivity contribution in [1.29, 1.82) is 0 Å². The Balaban J connectivity index is 0.000000135. The quantitative estimate of drug-likeness (QED) is 0.237. The number of benzene rings is 1. The van der Waals surface area contributed by atoms with E-state index in [0.717, 1.165) is 89.8 Å². The highest BCUT2D eigenvalue weighted by Crippen LogP contribution is 2.41. The predicted molar refractivity (Wildman–Crippen MR) is 167 cm³/mol. The summed E-state index contributed by atoms with van der Waals surface area (Å²) in [6.07, 6.45) is 9.96. The van der Waals surface area contributed by atoms with Crippen molar-refractivity contribution in [3.63, 3.8) is 0 Å². The highest BCUT2D eigenvalue weighted by atomic mass is 35.5. The SMILES string of the molecule is C1=NCc2ccc(Nc3ncnc4[nH]c5c(c34)CC3(CC5)OCCO3)cc21.Clc1ncnc2[nH]c3c(c12)CC1(CC3)OCCO1. The largest absolute Gasteiger partial charge is 0.347 e. The number of ether oxygens (including phenoxy) is 4. The fourth-order valence-electron chi connectivity index (χ4n) is 7.29. The molecule has 2 fully saturated rings.